The highest BCUT2D eigenvalue weighted by atomic mass is 35.5. The molecule has 15 heteroatoms. The highest BCUT2D eigenvalue weighted by Crippen LogP contribution is 2.43. The molecule has 3 heterocycles. The molecule has 1 saturated heterocycles. The Labute approximate surface area is 236 Å². The van der Waals surface area contributed by atoms with Crippen LogP contribution in [0, 0.1) is 21.7 Å². The van der Waals surface area contributed by atoms with Crippen LogP contribution in [-0.4, -0.2) is 27.8 Å². The lowest BCUT2D eigenvalue weighted by atomic mass is 10.0. The number of halogens is 4. The molecule has 1 aliphatic rings. The van der Waals surface area contributed by atoms with Crippen LogP contribution in [0.2, 0.25) is 10.0 Å². The second-order valence-corrected chi connectivity index (χ2v) is 11.1. The number of ether oxygens (including phenoxy) is 1. The van der Waals surface area contributed by atoms with E-state index in [1.807, 2.05) is 24.3 Å². The van der Waals surface area contributed by atoms with Crippen LogP contribution in [0.5, 0.6) is 5.75 Å². The summed E-state index contributed by atoms with van der Waals surface area (Å²) in [7, 11) is 1.58. The van der Waals surface area contributed by atoms with Crippen molar-refractivity contribution in [2.75, 3.05) is 12.1 Å². The minimum absolute atomic E-state index is 0.00878. The van der Waals surface area contributed by atoms with E-state index >= 15 is 0 Å². The van der Waals surface area contributed by atoms with Crippen LogP contribution in [-0.2, 0) is 0 Å². The van der Waals surface area contributed by atoms with E-state index in [0.717, 1.165) is 23.0 Å². The molecule has 39 heavy (non-hydrogen) atoms. The number of aromatic nitrogens is 2. The summed E-state index contributed by atoms with van der Waals surface area (Å²) in [5, 5.41) is 13.7. The van der Waals surface area contributed by atoms with E-state index in [9.17, 15) is 18.9 Å². The van der Waals surface area contributed by atoms with Gasteiger partial charge in [0.1, 0.15) is 23.2 Å². The van der Waals surface area contributed by atoms with E-state index in [1.54, 1.807) is 18.2 Å². The second kappa shape index (κ2) is 9.83. The van der Waals surface area contributed by atoms with Crippen LogP contribution < -0.4 is 15.2 Å². The van der Waals surface area contributed by atoms with E-state index in [4.69, 9.17) is 27.9 Å². The van der Waals surface area contributed by atoms with Gasteiger partial charge in [0.05, 0.1) is 49.1 Å². The Morgan fingerprint density at radius 3 is 2.56 bits per heavy atom. The van der Waals surface area contributed by atoms with Crippen LogP contribution in [0.3, 0.4) is 0 Å². The minimum Gasteiger partial charge on any atom is -0.497 e. The van der Waals surface area contributed by atoms with E-state index in [2.05, 4.69) is 20.4 Å². The Balaban J connectivity index is 1.43. The number of nitro groups is 1. The fourth-order valence-electron chi connectivity index (χ4n) is 4.20. The van der Waals surface area contributed by atoms with E-state index in [0.29, 0.717) is 33.4 Å². The zero-order chi connectivity index (χ0) is 27.4. The van der Waals surface area contributed by atoms with Crippen LogP contribution in [0.15, 0.2) is 47.5 Å². The summed E-state index contributed by atoms with van der Waals surface area (Å²) in [4.78, 5) is 24.2. The van der Waals surface area contributed by atoms with Crippen molar-refractivity contribution < 1.29 is 18.4 Å². The topological polar surface area (TPSA) is 106 Å². The smallest absolute Gasteiger partial charge is 0.299 e. The van der Waals surface area contributed by atoms with Crippen molar-refractivity contribution >= 4 is 88.1 Å². The van der Waals surface area contributed by atoms with Crippen molar-refractivity contribution in [2.45, 2.75) is 12.5 Å². The number of rotatable bonds is 5. The van der Waals surface area contributed by atoms with Gasteiger partial charge in [-0.3, -0.25) is 20.5 Å². The summed E-state index contributed by atoms with van der Waals surface area (Å²) < 4.78 is 34.2. The summed E-state index contributed by atoms with van der Waals surface area (Å²) in [6.07, 6.45) is 0.379. The number of nitrogens with zero attached hydrogens (tertiary/aromatic N) is 5. The standard InChI is InChI=1S/C24H14Cl2F2N6O3S2/c1-37-11-4-2-10(3-5-11)15-9-17(32-33(15)24-29-14-7-6-12(27)18(25)21(14)39-24)30-23-31-20-16(34(35)36)8-13(28)19(26)22(20)38-23/h2-8,15H,9H2,1H3,(H,30,31,32). The molecule has 5 aromatic rings. The molecule has 0 aliphatic carbocycles. The lowest BCUT2D eigenvalue weighted by molar-refractivity contribution is -0.383. The van der Waals surface area contributed by atoms with E-state index in [-0.39, 0.29) is 31.4 Å². The highest BCUT2D eigenvalue weighted by molar-refractivity contribution is 7.23. The SMILES string of the molecule is COc1ccc(C2C/C(=N/c3nc4c([N+](=O)[O-])cc(F)c(Cl)c4s3)NN2c2nc3ccc(F)c(Cl)c3s2)cc1. The molecule has 1 unspecified atom stereocenters. The van der Waals surface area contributed by atoms with Gasteiger partial charge < -0.3 is 4.74 Å². The van der Waals surface area contributed by atoms with Crippen molar-refractivity contribution in [3.05, 3.63) is 79.8 Å². The Morgan fingerprint density at radius 1 is 1.10 bits per heavy atom. The number of aliphatic imine (C=N–C) groups is 1. The molecular weight excluding hydrogens is 593 g/mol. The number of hydrogen-bond acceptors (Lipinski definition) is 9. The zero-order valence-electron chi connectivity index (χ0n) is 19.6. The average Bonchev–Trinajstić information content (AvgIpc) is 3.65. The fourth-order valence-corrected chi connectivity index (χ4v) is 6.65. The van der Waals surface area contributed by atoms with Gasteiger partial charge in [-0.1, -0.05) is 58.0 Å². The number of benzene rings is 3. The average molecular weight is 607 g/mol. The van der Waals surface area contributed by atoms with Crippen molar-refractivity contribution in [1.29, 1.82) is 0 Å². The predicted octanol–water partition coefficient (Wildman–Crippen LogP) is 7.59. The number of hydrogen-bond donors (Lipinski definition) is 1. The molecule has 0 saturated carbocycles. The highest BCUT2D eigenvalue weighted by Gasteiger charge is 2.34. The van der Waals surface area contributed by atoms with Gasteiger partial charge in [-0.15, -0.1) is 0 Å². The van der Waals surface area contributed by atoms with Gasteiger partial charge in [-0.05, 0) is 29.8 Å². The van der Waals surface area contributed by atoms with Crippen LogP contribution in [0.25, 0.3) is 20.4 Å². The number of nitrogens with one attached hydrogen (secondary N) is 1. The summed E-state index contributed by atoms with van der Waals surface area (Å²) in [6.45, 7) is 0. The normalized spacial score (nSPS) is 16.4. The Bertz CT molecular complexity index is 1810. The van der Waals surface area contributed by atoms with Gasteiger partial charge in [-0.25, -0.2) is 23.7 Å². The van der Waals surface area contributed by atoms with Gasteiger partial charge >= 0.3 is 0 Å². The van der Waals surface area contributed by atoms with Crippen LogP contribution >= 0.6 is 45.9 Å². The van der Waals surface area contributed by atoms with E-state index in [1.165, 1.54) is 17.4 Å². The molecule has 6 rings (SSSR count). The molecule has 0 spiro atoms. The molecular formula is C24H14Cl2F2N6O3S2. The number of amidine groups is 1. The number of thiazole rings is 2. The van der Waals surface area contributed by atoms with E-state index < -0.39 is 22.2 Å². The van der Waals surface area contributed by atoms with Crippen molar-refractivity contribution in [2.24, 2.45) is 4.99 Å². The lowest BCUT2D eigenvalue weighted by Gasteiger charge is -2.23. The first kappa shape index (κ1) is 25.6. The molecule has 0 bridgehead atoms. The van der Waals surface area contributed by atoms with Gasteiger partial charge in [0.2, 0.25) is 10.3 Å². The van der Waals surface area contributed by atoms with Crippen LogP contribution in [0.1, 0.15) is 18.0 Å². The summed E-state index contributed by atoms with van der Waals surface area (Å²) in [5.74, 6) is -0.282. The summed E-state index contributed by atoms with van der Waals surface area (Å²) >= 11 is 14.4. The lowest BCUT2D eigenvalue weighted by Crippen LogP contribution is -2.34. The molecule has 3 aromatic carbocycles. The first-order valence-electron chi connectivity index (χ1n) is 11.2. The van der Waals surface area contributed by atoms with Crippen LogP contribution in [0.4, 0.5) is 24.7 Å². The Hall–Kier alpha value is -3.65. The maximum absolute atomic E-state index is 14.2. The molecule has 1 atom stereocenters. The number of methoxy groups -OCH3 is 1. The first-order chi connectivity index (χ1) is 18.7. The first-order valence-corrected chi connectivity index (χ1v) is 13.6. The monoisotopic (exact) mass is 606 g/mol. The van der Waals surface area contributed by atoms with Gasteiger partial charge in [-0.2, -0.15) is 0 Å². The fraction of sp³-hybridized carbons (Fsp3) is 0.125. The second-order valence-electron chi connectivity index (χ2n) is 8.36. The number of nitro benzene ring substituents is 1. The largest absolute Gasteiger partial charge is 0.497 e. The quantitative estimate of drug-likeness (QED) is 0.162. The number of non-ortho nitro benzene ring substituents is 1. The molecule has 1 fully saturated rings. The molecule has 198 valence electrons. The number of hydrazine groups is 1. The van der Waals surface area contributed by atoms with Gasteiger partial charge in [0, 0.05) is 6.42 Å². The predicted molar refractivity (Wildman–Crippen MR) is 149 cm³/mol. The maximum Gasteiger partial charge on any atom is 0.299 e. The third-order valence-corrected chi connectivity index (χ3v) is 9.07. The molecule has 2 aromatic heterocycles. The Morgan fingerprint density at radius 2 is 1.85 bits per heavy atom. The Kier molecular flexibility index (Phi) is 6.46. The molecule has 1 aliphatic heterocycles. The maximum atomic E-state index is 14.2. The number of fused-ring (bicyclic) bond motifs is 2. The third kappa shape index (κ3) is 4.50. The molecule has 9 nitrogen and oxygen atoms in total. The summed E-state index contributed by atoms with van der Waals surface area (Å²) in [5.41, 5.74) is 4.14. The summed E-state index contributed by atoms with van der Waals surface area (Å²) in [6, 6.07) is 10.8. The number of anilines is 1. The third-order valence-electron chi connectivity index (χ3n) is 6.05. The molecule has 1 N–H and O–H groups in total. The van der Waals surface area contributed by atoms with Gasteiger partial charge in [0.25, 0.3) is 5.69 Å². The minimum atomic E-state index is -0.908. The zero-order valence-corrected chi connectivity index (χ0v) is 22.8. The van der Waals surface area contributed by atoms with Crippen molar-refractivity contribution in [3.63, 3.8) is 0 Å². The van der Waals surface area contributed by atoms with Crippen molar-refractivity contribution in [1.82, 2.24) is 15.4 Å². The molecule has 0 radical (unpaired) electrons. The molecule has 0 amide bonds. The van der Waals surface area contributed by atoms with Gasteiger partial charge in [0.15, 0.2) is 5.52 Å². The van der Waals surface area contributed by atoms with Crippen molar-refractivity contribution in [3.8, 4) is 5.75 Å².